The first-order valence-corrected chi connectivity index (χ1v) is 9.31. The number of hydrogen-bond donors (Lipinski definition) is 1. The van der Waals surface area contributed by atoms with Crippen LogP contribution in [-0.4, -0.2) is 27.3 Å². The first kappa shape index (κ1) is 18.3. The second-order valence-corrected chi connectivity index (χ2v) is 6.92. The van der Waals surface area contributed by atoms with Gasteiger partial charge in [-0.2, -0.15) is 0 Å². The van der Waals surface area contributed by atoms with Crippen LogP contribution in [0.2, 0.25) is 5.02 Å². The molecule has 2 aromatic carbocycles. The van der Waals surface area contributed by atoms with E-state index in [-0.39, 0.29) is 18.1 Å². The number of benzene rings is 2. The molecule has 0 saturated carbocycles. The van der Waals surface area contributed by atoms with Crippen molar-refractivity contribution in [3.05, 3.63) is 92.6 Å². The monoisotopic (exact) mass is 395 g/mol. The Morgan fingerprint density at radius 1 is 1.18 bits per heavy atom. The van der Waals surface area contributed by atoms with E-state index in [1.54, 1.807) is 29.2 Å². The van der Waals surface area contributed by atoms with Gasteiger partial charge in [0, 0.05) is 22.7 Å². The number of aromatic nitrogens is 2. The van der Waals surface area contributed by atoms with Gasteiger partial charge in [-0.1, -0.05) is 41.9 Å². The average Bonchev–Trinajstić information content (AvgIpc) is 2.73. The molecule has 3 aromatic rings. The summed E-state index contributed by atoms with van der Waals surface area (Å²) in [6.45, 7) is 1.03. The summed E-state index contributed by atoms with van der Waals surface area (Å²) < 4.78 is 5.90. The Balaban J connectivity index is 1.54. The maximum absolute atomic E-state index is 13.1. The maximum atomic E-state index is 13.1. The minimum absolute atomic E-state index is 0.138. The Bertz CT molecular complexity index is 1080. The van der Waals surface area contributed by atoms with Crippen molar-refractivity contribution in [3.63, 3.8) is 0 Å². The van der Waals surface area contributed by atoms with Crippen molar-refractivity contribution in [1.29, 1.82) is 0 Å². The Kier molecular flexibility index (Phi) is 5.12. The van der Waals surface area contributed by atoms with E-state index < -0.39 is 0 Å². The molecule has 0 saturated heterocycles. The zero-order chi connectivity index (χ0) is 19.5. The molecule has 1 aliphatic rings. The highest BCUT2D eigenvalue weighted by atomic mass is 35.5. The normalized spacial score (nSPS) is 13.1. The van der Waals surface area contributed by atoms with Gasteiger partial charge < -0.3 is 14.6 Å². The van der Waals surface area contributed by atoms with E-state index in [4.69, 9.17) is 16.3 Å². The van der Waals surface area contributed by atoms with Gasteiger partial charge in [0.1, 0.15) is 12.4 Å². The number of halogens is 1. The third-order valence-corrected chi connectivity index (χ3v) is 5.13. The molecule has 0 unspecified atom stereocenters. The van der Waals surface area contributed by atoms with E-state index in [2.05, 4.69) is 9.97 Å². The molecule has 6 nitrogen and oxygen atoms in total. The summed E-state index contributed by atoms with van der Waals surface area (Å²) in [6, 6.07) is 14.6. The van der Waals surface area contributed by atoms with Crippen molar-refractivity contribution < 1.29 is 9.53 Å². The molecule has 1 amide bonds. The molecule has 1 aliphatic heterocycles. The van der Waals surface area contributed by atoms with Crippen LogP contribution in [0.5, 0.6) is 5.75 Å². The second-order valence-electron chi connectivity index (χ2n) is 6.51. The molecule has 1 aromatic heterocycles. The molecule has 1 N–H and O–H groups in total. The van der Waals surface area contributed by atoms with Crippen molar-refractivity contribution in [2.24, 2.45) is 0 Å². The number of fused-ring (bicyclic) bond motifs is 1. The van der Waals surface area contributed by atoms with Crippen LogP contribution >= 0.6 is 11.6 Å². The van der Waals surface area contributed by atoms with Crippen LogP contribution in [-0.2, 0) is 19.6 Å². The fourth-order valence-electron chi connectivity index (χ4n) is 3.25. The molecular weight excluding hydrogens is 378 g/mol. The lowest BCUT2D eigenvalue weighted by Crippen LogP contribution is -2.39. The van der Waals surface area contributed by atoms with Crippen LogP contribution in [0.25, 0.3) is 0 Å². The first-order chi connectivity index (χ1) is 13.6. The van der Waals surface area contributed by atoms with E-state index in [1.807, 2.05) is 24.3 Å². The van der Waals surface area contributed by atoms with E-state index in [0.717, 1.165) is 5.56 Å². The van der Waals surface area contributed by atoms with Crippen molar-refractivity contribution in [3.8, 4) is 5.75 Å². The number of aromatic amines is 1. The second kappa shape index (κ2) is 7.86. The molecule has 142 valence electrons. The zero-order valence-corrected chi connectivity index (χ0v) is 15.8. The number of carbonyl (C=O) groups is 1. The minimum Gasteiger partial charge on any atom is -0.488 e. The molecule has 0 aliphatic carbocycles. The molecule has 7 heteroatoms. The highest BCUT2D eigenvalue weighted by molar-refractivity contribution is 6.31. The average molecular weight is 396 g/mol. The third-order valence-electron chi connectivity index (χ3n) is 4.76. The number of ether oxygens (including phenoxy) is 1. The highest BCUT2D eigenvalue weighted by Crippen LogP contribution is 2.25. The topological polar surface area (TPSA) is 75.3 Å². The van der Waals surface area contributed by atoms with Crippen LogP contribution in [0.15, 0.2) is 59.7 Å². The molecule has 0 fully saturated rings. The van der Waals surface area contributed by atoms with Gasteiger partial charge in [0.25, 0.3) is 11.5 Å². The Hall–Kier alpha value is -3.12. The molecule has 2 heterocycles. The van der Waals surface area contributed by atoms with Gasteiger partial charge >= 0.3 is 0 Å². The smallest absolute Gasteiger partial charge is 0.257 e. The lowest BCUT2D eigenvalue weighted by Gasteiger charge is -2.28. The Labute approximate surface area is 166 Å². The molecule has 0 spiro atoms. The minimum atomic E-state index is -0.150. The predicted molar refractivity (Wildman–Crippen MR) is 106 cm³/mol. The van der Waals surface area contributed by atoms with E-state index in [9.17, 15) is 9.59 Å². The molecular formula is C21H18ClN3O3. The number of nitrogens with zero attached hydrogens (tertiary/aromatic N) is 2. The van der Waals surface area contributed by atoms with Crippen LogP contribution in [0.1, 0.15) is 27.2 Å². The number of rotatable bonds is 4. The Morgan fingerprint density at radius 3 is 2.82 bits per heavy atom. The van der Waals surface area contributed by atoms with Crippen LogP contribution in [0.4, 0.5) is 0 Å². The lowest BCUT2D eigenvalue weighted by molar-refractivity contribution is 0.0726. The Morgan fingerprint density at radius 2 is 1.96 bits per heavy atom. The molecule has 0 atom stereocenters. The van der Waals surface area contributed by atoms with Crippen molar-refractivity contribution in [2.75, 3.05) is 6.54 Å². The largest absolute Gasteiger partial charge is 0.488 e. The lowest BCUT2D eigenvalue weighted by atomic mass is 10.1. The van der Waals surface area contributed by atoms with Crippen LogP contribution < -0.4 is 10.3 Å². The number of hydrogen-bond acceptors (Lipinski definition) is 4. The van der Waals surface area contributed by atoms with E-state index >= 15 is 0 Å². The molecule has 4 rings (SSSR count). The van der Waals surface area contributed by atoms with Crippen LogP contribution in [0.3, 0.4) is 0 Å². The van der Waals surface area contributed by atoms with Gasteiger partial charge in [-0.25, -0.2) is 4.98 Å². The summed E-state index contributed by atoms with van der Waals surface area (Å²) >= 11 is 6.18. The van der Waals surface area contributed by atoms with Crippen molar-refractivity contribution in [1.82, 2.24) is 14.9 Å². The number of nitrogens with one attached hydrogen (secondary N) is 1. The van der Waals surface area contributed by atoms with Gasteiger partial charge in [-0.3, -0.25) is 9.59 Å². The molecule has 0 radical (unpaired) electrons. The van der Waals surface area contributed by atoms with Gasteiger partial charge in [0.2, 0.25) is 0 Å². The maximum Gasteiger partial charge on any atom is 0.257 e. The quantitative estimate of drug-likeness (QED) is 0.736. The number of amides is 1. The summed E-state index contributed by atoms with van der Waals surface area (Å²) in [5, 5.41) is 0.621. The van der Waals surface area contributed by atoms with Crippen LogP contribution in [0, 0.1) is 0 Å². The zero-order valence-electron chi connectivity index (χ0n) is 15.0. The van der Waals surface area contributed by atoms with E-state index in [0.29, 0.717) is 47.1 Å². The summed E-state index contributed by atoms with van der Waals surface area (Å²) in [7, 11) is 0. The summed E-state index contributed by atoms with van der Waals surface area (Å²) in [4.78, 5) is 33.5. The third kappa shape index (κ3) is 3.64. The van der Waals surface area contributed by atoms with Gasteiger partial charge in [-0.15, -0.1) is 0 Å². The fourth-order valence-corrected chi connectivity index (χ4v) is 3.44. The van der Waals surface area contributed by atoms with E-state index in [1.165, 1.54) is 6.33 Å². The molecule has 0 bridgehead atoms. The van der Waals surface area contributed by atoms with Gasteiger partial charge in [0.05, 0.1) is 24.1 Å². The highest BCUT2D eigenvalue weighted by Gasteiger charge is 2.26. The van der Waals surface area contributed by atoms with Crippen molar-refractivity contribution in [2.45, 2.75) is 19.6 Å². The first-order valence-electron chi connectivity index (χ1n) is 8.93. The number of para-hydroxylation sites is 1. The van der Waals surface area contributed by atoms with Gasteiger partial charge in [0.15, 0.2) is 0 Å². The summed E-state index contributed by atoms with van der Waals surface area (Å²) in [6.07, 6.45) is 1.85. The summed E-state index contributed by atoms with van der Waals surface area (Å²) in [5.74, 6) is 0.347. The summed E-state index contributed by atoms with van der Waals surface area (Å²) in [5.41, 5.74) is 2.47. The predicted octanol–water partition coefficient (Wildman–Crippen LogP) is 3.20. The standard InChI is InChI=1S/C21H18ClN3O3/c22-17-7-3-1-5-14(17)12-28-19-8-4-2-6-16(19)21(27)25-10-9-15-18(11-25)23-13-24-20(15)26/h1-8,13H,9-12H2,(H,23,24,26). The molecule has 28 heavy (non-hydrogen) atoms. The number of H-pyrrole nitrogens is 1. The van der Waals surface area contributed by atoms with Crippen molar-refractivity contribution >= 4 is 17.5 Å². The SMILES string of the molecule is O=C(c1ccccc1OCc1ccccc1Cl)N1CCc2c(nc[nH]c2=O)C1. The number of carbonyl (C=O) groups excluding carboxylic acids is 1. The van der Waals surface area contributed by atoms with Gasteiger partial charge in [-0.05, 0) is 24.6 Å². The fraction of sp³-hybridized carbons (Fsp3) is 0.190.